The topological polar surface area (TPSA) is 107 Å². The molecule has 172 valence electrons. The second kappa shape index (κ2) is 13.8. The first-order valence-corrected chi connectivity index (χ1v) is 11.8. The fraction of sp³-hybridized carbons (Fsp3) is 0. The number of hydrogen-bond donors (Lipinski definition) is 2. The Morgan fingerprint density at radius 3 is 1.74 bits per heavy atom. The van der Waals surface area contributed by atoms with Crippen LogP contribution in [0.3, 0.4) is 0 Å². The molecule has 1 unspecified atom stereocenters. The van der Waals surface area contributed by atoms with E-state index in [4.69, 9.17) is 4.89 Å². The Morgan fingerprint density at radius 1 is 0.743 bits per heavy atom. The number of phenolic OH excluding ortho intramolecular Hbond substituents is 1. The predicted octanol–water partition coefficient (Wildman–Crippen LogP) is 2.35. The van der Waals surface area contributed by atoms with Crippen molar-refractivity contribution in [1.29, 1.82) is 0 Å². The number of hydrogen-bond acceptors (Lipinski definition) is 5. The molecular weight excluding hydrogens is 474 g/mol. The monoisotopic (exact) mass is 496 g/mol. The van der Waals surface area contributed by atoms with E-state index in [1.54, 1.807) is 30.3 Å². The normalized spacial score (nSPS) is 12.2. The van der Waals surface area contributed by atoms with Gasteiger partial charge in [-0.05, 0) is 53.6 Å². The molecule has 0 aliphatic rings. The molecule has 1 atom stereocenters. The maximum absolute atomic E-state index is 12.9. The van der Waals surface area contributed by atoms with E-state index in [2.05, 4.69) is 4.52 Å². The summed E-state index contributed by atoms with van der Waals surface area (Å²) in [6.45, 7) is 0. The van der Waals surface area contributed by atoms with Crippen molar-refractivity contribution in [2.45, 2.75) is 0 Å². The van der Waals surface area contributed by atoms with Gasteiger partial charge in [-0.1, -0.05) is 78.9 Å². The molecule has 0 bridgehead atoms. The van der Waals surface area contributed by atoms with Crippen LogP contribution in [0.4, 0.5) is 0 Å². The van der Waals surface area contributed by atoms with Crippen LogP contribution in [0.1, 0.15) is 21.5 Å². The number of phenols is 1. The van der Waals surface area contributed by atoms with Gasteiger partial charge in [0.25, 0.3) is 0 Å². The van der Waals surface area contributed by atoms with Crippen LogP contribution in [0.5, 0.6) is 11.5 Å². The number of carbonyl (C=O) groups is 1. The Bertz CT molecular complexity index is 1270. The Kier molecular flexibility index (Phi) is 11.2. The Labute approximate surface area is 226 Å². The van der Waals surface area contributed by atoms with Crippen molar-refractivity contribution < 1.29 is 58.3 Å². The minimum absolute atomic E-state index is 0. The van der Waals surface area contributed by atoms with Gasteiger partial charge in [-0.3, -0.25) is 9.36 Å². The van der Waals surface area contributed by atoms with Gasteiger partial charge in [-0.2, -0.15) is 0 Å². The number of rotatable bonds is 6. The van der Waals surface area contributed by atoms with Gasteiger partial charge in [0, 0.05) is 11.1 Å². The SMILES string of the molecule is O=C(C(=Cc1ccccc1)c1ccccc1)c1ccc(O)cc1.O=P([O-])(O)Oc1ccccc1.[Na+]. The molecule has 0 saturated carbocycles. The molecule has 4 aromatic carbocycles. The molecule has 0 radical (unpaired) electrons. The van der Waals surface area contributed by atoms with Crippen molar-refractivity contribution in [3.05, 3.63) is 132 Å². The summed E-state index contributed by atoms with van der Waals surface area (Å²) in [4.78, 5) is 31.3. The van der Waals surface area contributed by atoms with E-state index in [0.717, 1.165) is 11.1 Å². The summed E-state index contributed by atoms with van der Waals surface area (Å²) in [6, 6.07) is 33.5. The van der Waals surface area contributed by atoms with Gasteiger partial charge < -0.3 is 19.4 Å². The molecular formula is C27H22NaO6P. The summed E-state index contributed by atoms with van der Waals surface area (Å²) in [5.74, 6) is 0.184. The first-order chi connectivity index (χ1) is 16.3. The fourth-order valence-electron chi connectivity index (χ4n) is 3.00. The van der Waals surface area contributed by atoms with Crippen LogP contribution in [-0.4, -0.2) is 15.8 Å². The van der Waals surface area contributed by atoms with E-state index in [-0.39, 0.29) is 46.8 Å². The van der Waals surface area contributed by atoms with E-state index in [1.165, 1.54) is 24.3 Å². The van der Waals surface area contributed by atoms with Gasteiger partial charge in [0.15, 0.2) is 5.78 Å². The molecule has 0 aromatic heterocycles. The Hall–Kier alpha value is -2.96. The predicted molar refractivity (Wildman–Crippen MR) is 130 cm³/mol. The molecule has 0 spiro atoms. The fourth-order valence-corrected chi connectivity index (χ4v) is 3.38. The van der Waals surface area contributed by atoms with Gasteiger partial charge >= 0.3 is 37.4 Å². The second-order valence-electron chi connectivity index (χ2n) is 7.08. The molecule has 2 N–H and O–H groups in total. The molecule has 0 fully saturated rings. The van der Waals surface area contributed by atoms with Crippen molar-refractivity contribution in [2.24, 2.45) is 0 Å². The van der Waals surface area contributed by atoms with Crippen LogP contribution in [0.15, 0.2) is 115 Å². The standard InChI is InChI=1S/C21H16O2.C6H7O4P.Na/c22-19-13-11-18(12-14-19)21(23)20(17-9-5-2-6-10-17)15-16-7-3-1-4-8-16;7-11(8,9)10-6-4-2-1-3-5-6;/h1-15,22H;1-5H,(H2,7,8,9);/q;;+1/p-1. The molecule has 4 aromatic rings. The summed E-state index contributed by atoms with van der Waals surface area (Å²) < 4.78 is 14.3. The summed E-state index contributed by atoms with van der Waals surface area (Å²) in [6.07, 6.45) is 1.89. The number of para-hydroxylation sites is 1. The van der Waals surface area contributed by atoms with Crippen LogP contribution in [0.25, 0.3) is 11.6 Å². The van der Waals surface area contributed by atoms with E-state index in [0.29, 0.717) is 11.1 Å². The third-order valence-corrected chi connectivity index (χ3v) is 4.98. The summed E-state index contributed by atoms with van der Waals surface area (Å²) in [5.41, 5.74) is 3.02. The van der Waals surface area contributed by atoms with E-state index < -0.39 is 7.82 Å². The van der Waals surface area contributed by atoms with Gasteiger partial charge in [0.05, 0.1) is 0 Å². The number of ketones is 1. The van der Waals surface area contributed by atoms with Crippen molar-refractivity contribution in [2.75, 3.05) is 0 Å². The second-order valence-corrected chi connectivity index (χ2v) is 8.20. The van der Waals surface area contributed by atoms with Crippen LogP contribution in [0, 0.1) is 0 Å². The maximum Gasteiger partial charge on any atom is 1.00 e. The van der Waals surface area contributed by atoms with E-state index in [9.17, 15) is 19.4 Å². The van der Waals surface area contributed by atoms with E-state index >= 15 is 0 Å². The van der Waals surface area contributed by atoms with E-state index in [1.807, 2.05) is 66.7 Å². The maximum atomic E-state index is 12.9. The van der Waals surface area contributed by atoms with Crippen LogP contribution >= 0.6 is 7.82 Å². The zero-order chi connectivity index (χ0) is 24.4. The molecule has 6 nitrogen and oxygen atoms in total. The van der Waals surface area contributed by atoms with Gasteiger partial charge in [-0.15, -0.1) is 0 Å². The third-order valence-electron chi connectivity index (χ3n) is 4.53. The largest absolute Gasteiger partial charge is 1.00 e. The van der Waals surface area contributed by atoms with Crippen LogP contribution < -0.4 is 39.0 Å². The van der Waals surface area contributed by atoms with Crippen molar-refractivity contribution in [3.8, 4) is 11.5 Å². The Balaban J connectivity index is 0.000000305. The number of carbonyl (C=O) groups excluding carboxylic acids is 1. The molecule has 4 rings (SSSR count). The number of Topliss-reactive ketones (excluding diaryl/α,β-unsaturated/α-hetero) is 1. The van der Waals surface area contributed by atoms with Crippen LogP contribution in [-0.2, 0) is 4.57 Å². The van der Waals surface area contributed by atoms with Crippen LogP contribution in [0.2, 0.25) is 0 Å². The number of phosphoric ester groups is 1. The molecule has 8 heteroatoms. The molecule has 0 saturated heterocycles. The summed E-state index contributed by atoms with van der Waals surface area (Å²) >= 11 is 0. The number of aromatic hydroxyl groups is 1. The van der Waals surface area contributed by atoms with Gasteiger partial charge in [0.1, 0.15) is 11.5 Å². The molecule has 35 heavy (non-hydrogen) atoms. The number of allylic oxidation sites excluding steroid dienone is 1. The third kappa shape index (κ3) is 9.67. The summed E-state index contributed by atoms with van der Waals surface area (Å²) in [7, 11) is -4.64. The van der Waals surface area contributed by atoms with Crippen molar-refractivity contribution >= 4 is 25.3 Å². The van der Waals surface area contributed by atoms with Crippen molar-refractivity contribution in [1.82, 2.24) is 0 Å². The summed E-state index contributed by atoms with van der Waals surface area (Å²) in [5, 5.41) is 9.40. The molecule has 0 heterocycles. The first-order valence-electron chi connectivity index (χ1n) is 10.3. The zero-order valence-electron chi connectivity index (χ0n) is 19.0. The van der Waals surface area contributed by atoms with Gasteiger partial charge in [-0.25, -0.2) is 0 Å². The Morgan fingerprint density at radius 2 is 1.23 bits per heavy atom. The average molecular weight is 496 g/mol. The quantitative estimate of drug-likeness (QED) is 0.140. The minimum Gasteiger partial charge on any atom is -0.746 e. The minimum atomic E-state index is -4.64. The zero-order valence-corrected chi connectivity index (χ0v) is 21.9. The number of benzene rings is 4. The van der Waals surface area contributed by atoms with Crippen molar-refractivity contribution in [3.63, 3.8) is 0 Å². The molecule has 0 aliphatic carbocycles. The van der Waals surface area contributed by atoms with Gasteiger partial charge in [0.2, 0.25) is 0 Å². The smallest absolute Gasteiger partial charge is 0.746 e. The molecule has 0 amide bonds. The first kappa shape index (κ1) is 28.3. The average Bonchev–Trinajstić information content (AvgIpc) is 2.84. The number of phosphoric acid groups is 1. The molecule has 0 aliphatic heterocycles.